The van der Waals surface area contributed by atoms with Gasteiger partial charge in [0.15, 0.2) is 10.9 Å². The van der Waals surface area contributed by atoms with Crippen LogP contribution >= 0.6 is 39.5 Å². The maximum atomic E-state index is 13.1. The van der Waals surface area contributed by atoms with Crippen molar-refractivity contribution in [1.29, 1.82) is 0 Å². The number of thiocarbonyl (C=S) groups is 1. The molecule has 152 valence electrons. The number of esters is 1. The Hall–Kier alpha value is -2.30. The van der Waals surface area contributed by atoms with E-state index >= 15 is 0 Å². The van der Waals surface area contributed by atoms with E-state index in [4.69, 9.17) is 17.0 Å². The summed E-state index contributed by atoms with van der Waals surface area (Å²) in [6, 6.07) is 6.24. The fourth-order valence-corrected chi connectivity index (χ4v) is 4.38. The molecule has 0 unspecified atom stereocenters. The summed E-state index contributed by atoms with van der Waals surface area (Å²) in [6.07, 6.45) is 1.80. The highest BCUT2D eigenvalue weighted by atomic mass is 79.9. The van der Waals surface area contributed by atoms with Gasteiger partial charge in [0.25, 0.3) is 0 Å². The minimum atomic E-state index is -0.415. The summed E-state index contributed by atoms with van der Waals surface area (Å²) in [5.41, 5.74) is 2.25. The largest absolute Gasteiger partial charge is 0.465 e. The van der Waals surface area contributed by atoms with E-state index in [9.17, 15) is 9.18 Å². The third-order valence-corrected chi connectivity index (χ3v) is 6.12. The van der Waals surface area contributed by atoms with Crippen molar-refractivity contribution in [3.8, 4) is 0 Å². The summed E-state index contributed by atoms with van der Waals surface area (Å²) in [6.45, 7) is 4.28. The molecule has 0 aliphatic carbocycles. The smallest absolute Gasteiger partial charge is 0.341 e. The van der Waals surface area contributed by atoms with Crippen molar-refractivity contribution in [1.82, 2.24) is 9.78 Å². The van der Waals surface area contributed by atoms with E-state index in [2.05, 4.69) is 31.7 Å². The summed E-state index contributed by atoms with van der Waals surface area (Å²) in [5, 5.41) is 11.4. The summed E-state index contributed by atoms with van der Waals surface area (Å²) >= 11 is 10.3. The van der Waals surface area contributed by atoms with E-state index < -0.39 is 5.97 Å². The SMILES string of the molecule is COC(=O)c1c(NC(=S)Nc2nn(Cc3ccc(F)cc3)cc2Br)sc(C)c1C. The molecule has 2 N–H and O–H groups in total. The second-order valence-electron chi connectivity index (χ2n) is 6.21. The van der Waals surface area contributed by atoms with Gasteiger partial charge in [-0.15, -0.1) is 11.3 Å². The van der Waals surface area contributed by atoms with Gasteiger partial charge in [0.2, 0.25) is 0 Å². The molecule has 2 aromatic heterocycles. The molecule has 10 heteroatoms. The van der Waals surface area contributed by atoms with Crippen LogP contribution in [0.5, 0.6) is 0 Å². The highest BCUT2D eigenvalue weighted by Gasteiger charge is 2.21. The number of thiophene rings is 1. The molecule has 0 fully saturated rings. The monoisotopic (exact) mass is 496 g/mol. The third-order valence-electron chi connectivity index (χ3n) is 4.21. The van der Waals surface area contributed by atoms with Crippen molar-refractivity contribution in [2.24, 2.45) is 0 Å². The average molecular weight is 497 g/mol. The predicted molar refractivity (Wildman–Crippen MR) is 120 cm³/mol. The van der Waals surface area contributed by atoms with Gasteiger partial charge in [-0.25, -0.2) is 9.18 Å². The standard InChI is InChI=1S/C19H18BrFN4O2S2/c1-10-11(2)29-17(15(10)18(26)27-3)23-19(28)22-16-14(20)9-25(24-16)8-12-4-6-13(21)7-5-12/h4-7,9H,8H2,1-3H3,(H2,22,23,24,28). The molecular weight excluding hydrogens is 479 g/mol. The Kier molecular flexibility index (Phi) is 6.66. The highest BCUT2D eigenvalue weighted by molar-refractivity contribution is 9.10. The second kappa shape index (κ2) is 9.02. The summed E-state index contributed by atoms with van der Waals surface area (Å²) in [5.74, 6) is -0.171. The van der Waals surface area contributed by atoms with Crippen LogP contribution in [-0.2, 0) is 11.3 Å². The Bertz CT molecular complexity index is 1060. The summed E-state index contributed by atoms with van der Waals surface area (Å²) in [4.78, 5) is 13.1. The lowest BCUT2D eigenvalue weighted by Gasteiger charge is -2.09. The zero-order valence-corrected chi connectivity index (χ0v) is 19.1. The van der Waals surface area contributed by atoms with Gasteiger partial charge in [0, 0.05) is 11.1 Å². The van der Waals surface area contributed by atoms with Crippen molar-refractivity contribution in [3.63, 3.8) is 0 Å². The average Bonchev–Trinajstić information content (AvgIpc) is 3.15. The van der Waals surface area contributed by atoms with Crippen molar-refractivity contribution in [2.75, 3.05) is 17.7 Å². The number of nitrogens with one attached hydrogen (secondary N) is 2. The molecule has 29 heavy (non-hydrogen) atoms. The van der Waals surface area contributed by atoms with E-state index in [0.717, 1.165) is 20.5 Å². The van der Waals surface area contributed by atoms with Gasteiger partial charge in [-0.2, -0.15) is 5.10 Å². The molecule has 0 aliphatic heterocycles. The number of rotatable bonds is 5. The Balaban J connectivity index is 1.72. The lowest BCUT2D eigenvalue weighted by Crippen LogP contribution is -2.20. The number of hydrogen-bond donors (Lipinski definition) is 2. The van der Waals surface area contributed by atoms with Crippen molar-refractivity contribution < 1.29 is 13.9 Å². The zero-order valence-electron chi connectivity index (χ0n) is 15.9. The molecular formula is C19H18BrFN4O2S2. The quantitative estimate of drug-likeness (QED) is 0.378. The van der Waals surface area contributed by atoms with Gasteiger partial charge in [0.1, 0.15) is 10.8 Å². The molecule has 3 rings (SSSR count). The number of aromatic nitrogens is 2. The van der Waals surface area contributed by atoms with Crippen LogP contribution in [0.1, 0.15) is 26.4 Å². The summed E-state index contributed by atoms with van der Waals surface area (Å²) in [7, 11) is 1.35. The van der Waals surface area contributed by atoms with E-state index in [0.29, 0.717) is 28.0 Å². The van der Waals surface area contributed by atoms with E-state index in [-0.39, 0.29) is 5.82 Å². The van der Waals surface area contributed by atoms with Crippen molar-refractivity contribution in [3.05, 3.63) is 62.3 Å². The first-order valence-electron chi connectivity index (χ1n) is 8.52. The van der Waals surface area contributed by atoms with E-state index in [1.807, 2.05) is 13.8 Å². The first-order valence-corrected chi connectivity index (χ1v) is 10.5. The Morgan fingerprint density at radius 2 is 2.00 bits per heavy atom. The molecule has 0 saturated heterocycles. The van der Waals surface area contributed by atoms with E-state index in [1.165, 1.54) is 30.6 Å². The number of carbonyl (C=O) groups excluding carboxylic acids is 1. The number of aryl methyl sites for hydroxylation is 1. The van der Waals surface area contributed by atoms with Gasteiger partial charge >= 0.3 is 5.97 Å². The van der Waals surface area contributed by atoms with Crippen LogP contribution < -0.4 is 10.6 Å². The molecule has 0 aliphatic rings. The fourth-order valence-electron chi connectivity index (χ4n) is 2.64. The normalized spacial score (nSPS) is 10.7. The van der Waals surface area contributed by atoms with Crippen molar-refractivity contribution >= 4 is 61.4 Å². The molecule has 6 nitrogen and oxygen atoms in total. The Morgan fingerprint density at radius 1 is 1.31 bits per heavy atom. The van der Waals surface area contributed by atoms with Crippen LogP contribution in [0.4, 0.5) is 15.2 Å². The zero-order chi connectivity index (χ0) is 21.1. The first-order chi connectivity index (χ1) is 13.8. The lowest BCUT2D eigenvalue weighted by atomic mass is 10.1. The molecule has 1 aromatic carbocycles. The van der Waals surface area contributed by atoms with Gasteiger partial charge in [-0.05, 0) is 65.3 Å². The molecule has 0 amide bonds. The van der Waals surface area contributed by atoms with Gasteiger partial charge in [-0.3, -0.25) is 4.68 Å². The molecule has 0 bridgehead atoms. The molecule has 2 heterocycles. The number of anilines is 2. The number of carbonyl (C=O) groups is 1. The lowest BCUT2D eigenvalue weighted by molar-refractivity contribution is 0.0601. The number of halogens is 2. The number of benzene rings is 1. The minimum Gasteiger partial charge on any atom is -0.465 e. The van der Waals surface area contributed by atoms with Crippen molar-refractivity contribution in [2.45, 2.75) is 20.4 Å². The Labute approximate surface area is 185 Å². The maximum absolute atomic E-state index is 13.1. The van der Waals surface area contributed by atoms with Crippen LogP contribution in [0, 0.1) is 19.7 Å². The van der Waals surface area contributed by atoms with Crippen LogP contribution in [0.15, 0.2) is 34.9 Å². The number of ether oxygens (including phenoxy) is 1. The predicted octanol–water partition coefficient (Wildman–Crippen LogP) is 5.11. The van der Waals surface area contributed by atoms with Gasteiger partial charge < -0.3 is 15.4 Å². The Morgan fingerprint density at radius 3 is 2.66 bits per heavy atom. The van der Waals surface area contributed by atoms with Crippen LogP contribution in [0.25, 0.3) is 0 Å². The third kappa shape index (κ3) is 5.01. The molecule has 3 aromatic rings. The van der Waals surface area contributed by atoms with Crippen LogP contribution in [0.3, 0.4) is 0 Å². The molecule has 0 atom stereocenters. The first kappa shape index (κ1) is 21.4. The topological polar surface area (TPSA) is 68.2 Å². The van der Waals surface area contributed by atoms with E-state index in [1.54, 1.807) is 23.0 Å². The minimum absolute atomic E-state index is 0.278. The highest BCUT2D eigenvalue weighted by Crippen LogP contribution is 2.33. The van der Waals surface area contributed by atoms with Gasteiger partial charge in [-0.1, -0.05) is 12.1 Å². The second-order valence-corrected chi connectivity index (χ2v) is 8.70. The van der Waals surface area contributed by atoms with Crippen LogP contribution in [-0.4, -0.2) is 28.0 Å². The maximum Gasteiger partial charge on any atom is 0.341 e. The molecule has 0 saturated carbocycles. The van der Waals surface area contributed by atoms with Crippen LogP contribution in [0.2, 0.25) is 0 Å². The molecule has 0 spiro atoms. The molecule has 0 radical (unpaired) electrons. The number of hydrogen-bond acceptors (Lipinski definition) is 5. The summed E-state index contributed by atoms with van der Waals surface area (Å²) < 4.78 is 20.4. The fraction of sp³-hybridized carbons (Fsp3) is 0.211. The number of nitrogens with zero attached hydrogens (tertiary/aromatic N) is 2. The van der Waals surface area contributed by atoms with Gasteiger partial charge in [0.05, 0.1) is 23.7 Å². The number of methoxy groups -OCH3 is 1.